The molecule has 0 N–H and O–H groups in total. The second-order valence-corrected chi connectivity index (χ2v) is 6.48. The average molecular weight is 340 g/mol. The van der Waals surface area contributed by atoms with Gasteiger partial charge >= 0.3 is 0 Å². The Balaban J connectivity index is 1.51. The number of morpholine rings is 1. The summed E-state index contributed by atoms with van der Waals surface area (Å²) >= 11 is 0. The number of piperidine rings is 1. The zero-order valence-corrected chi connectivity index (χ0v) is 13.9. The van der Waals surface area contributed by atoms with E-state index in [1.54, 1.807) is 30.9 Å². The van der Waals surface area contributed by atoms with Crippen LogP contribution < -0.4 is 4.90 Å². The van der Waals surface area contributed by atoms with E-state index in [9.17, 15) is 4.79 Å². The molecule has 1 amide bonds. The number of rotatable bonds is 2. The number of hydrogen-bond acceptors (Lipinski definition) is 7. The Bertz CT molecular complexity index is 724. The molecule has 4 rings (SSSR count). The van der Waals surface area contributed by atoms with E-state index in [1.165, 1.54) is 6.20 Å². The van der Waals surface area contributed by atoms with Gasteiger partial charge in [0.1, 0.15) is 11.4 Å². The zero-order valence-electron chi connectivity index (χ0n) is 13.9. The number of aromatic nitrogens is 4. The quantitative estimate of drug-likeness (QED) is 0.798. The van der Waals surface area contributed by atoms with E-state index in [2.05, 4.69) is 25.1 Å². The van der Waals surface area contributed by atoms with Crippen molar-refractivity contribution in [3.63, 3.8) is 0 Å². The van der Waals surface area contributed by atoms with E-state index in [0.717, 1.165) is 25.2 Å². The highest BCUT2D eigenvalue weighted by atomic mass is 16.5. The first-order chi connectivity index (χ1) is 12.3. The summed E-state index contributed by atoms with van der Waals surface area (Å²) < 4.78 is 6.16. The van der Waals surface area contributed by atoms with Crippen molar-refractivity contribution >= 4 is 11.7 Å². The summed E-state index contributed by atoms with van der Waals surface area (Å²) in [6, 6.07) is 1.70. The largest absolute Gasteiger partial charge is 0.369 e. The molecule has 0 aliphatic carbocycles. The van der Waals surface area contributed by atoms with Gasteiger partial charge in [0.25, 0.3) is 5.91 Å². The van der Waals surface area contributed by atoms with E-state index in [1.807, 2.05) is 4.90 Å². The van der Waals surface area contributed by atoms with Gasteiger partial charge in [-0.15, -0.1) is 0 Å². The molecule has 4 heterocycles. The van der Waals surface area contributed by atoms with Gasteiger partial charge in [0, 0.05) is 25.5 Å². The Morgan fingerprint density at radius 3 is 2.88 bits per heavy atom. The predicted octanol–water partition coefficient (Wildman–Crippen LogP) is 0.778. The third-order valence-electron chi connectivity index (χ3n) is 4.78. The maximum Gasteiger partial charge on any atom is 0.255 e. The average Bonchev–Trinajstić information content (AvgIpc) is 2.69. The third-order valence-corrected chi connectivity index (χ3v) is 4.78. The van der Waals surface area contributed by atoms with Crippen molar-refractivity contribution in [3.8, 4) is 0 Å². The molecule has 1 atom stereocenters. The Morgan fingerprint density at radius 1 is 1.12 bits per heavy atom. The predicted molar refractivity (Wildman–Crippen MR) is 90.1 cm³/mol. The van der Waals surface area contributed by atoms with E-state index >= 15 is 0 Å². The fourth-order valence-electron chi connectivity index (χ4n) is 3.61. The first-order valence-corrected chi connectivity index (χ1v) is 8.47. The summed E-state index contributed by atoms with van der Waals surface area (Å²) in [4.78, 5) is 25.3. The minimum atomic E-state index is -0.357. The Morgan fingerprint density at radius 2 is 2.08 bits per heavy atom. The number of carbonyl (C=O) groups is 1. The molecule has 2 aromatic heterocycles. The van der Waals surface area contributed by atoms with Crippen molar-refractivity contribution in [2.75, 3.05) is 37.7 Å². The number of anilines is 1. The topological polar surface area (TPSA) is 84.3 Å². The van der Waals surface area contributed by atoms with Crippen LogP contribution in [-0.4, -0.2) is 69.4 Å². The molecule has 2 aliphatic heterocycles. The number of amides is 1. The summed E-state index contributed by atoms with van der Waals surface area (Å²) in [5, 5.41) is 7.54. The molecule has 0 bridgehead atoms. The monoisotopic (exact) mass is 340 g/mol. The van der Waals surface area contributed by atoms with Crippen LogP contribution in [-0.2, 0) is 4.74 Å². The van der Waals surface area contributed by atoms with Crippen LogP contribution in [0.5, 0.6) is 0 Å². The smallest absolute Gasteiger partial charge is 0.255 e. The van der Waals surface area contributed by atoms with Crippen molar-refractivity contribution in [1.29, 1.82) is 0 Å². The van der Waals surface area contributed by atoms with Gasteiger partial charge in [-0.1, -0.05) is 0 Å². The molecule has 8 heteroatoms. The first kappa shape index (κ1) is 15.9. The van der Waals surface area contributed by atoms with Crippen LogP contribution in [0.4, 0.5) is 5.82 Å². The number of ether oxygens (including phenoxy) is 1. The van der Waals surface area contributed by atoms with Gasteiger partial charge in [-0.2, -0.15) is 10.2 Å². The molecule has 2 fully saturated rings. The maximum atomic E-state index is 12.7. The van der Waals surface area contributed by atoms with Crippen LogP contribution in [0.25, 0.3) is 0 Å². The van der Waals surface area contributed by atoms with Crippen LogP contribution in [0.15, 0.2) is 37.1 Å². The normalized spacial score (nSPS) is 23.7. The fourth-order valence-corrected chi connectivity index (χ4v) is 3.61. The molecule has 8 nitrogen and oxygen atoms in total. The second-order valence-electron chi connectivity index (χ2n) is 6.48. The Hall–Kier alpha value is -2.61. The molecule has 2 aromatic rings. The highest BCUT2D eigenvalue weighted by Crippen LogP contribution is 2.31. The van der Waals surface area contributed by atoms with Gasteiger partial charge in [0.2, 0.25) is 0 Å². The van der Waals surface area contributed by atoms with Gasteiger partial charge in [0.15, 0.2) is 0 Å². The molecule has 0 unspecified atom stereocenters. The van der Waals surface area contributed by atoms with Gasteiger partial charge in [-0.05, 0) is 18.9 Å². The Kier molecular flexibility index (Phi) is 4.27. The maximum absolute atomic E-state index is 12.7. The summed E-state index contributed by atoms with van der Waals surface area (Å²) in [5.41, 5.74) is 0.207. The van der Waals surface area contributed by atoms with Crippen LogP contribution in [0, 0.1) is 0 Å². The number of carbonyl (C=O) groups excluding carboxylic acids is 1. The molecule has 0 radical (unpaired) electrons. The lowest BCUT2D eigenvalue weighted by molar-refractivity contribution is -0.105. The Labute approximate surface area is 145 Å². The van der Waals surface area contributed by atoms with E-state index in [0.29, 0.717) is 31.8 Å². The molecule has 130 valence electrons. The molecular weight excluding hydrogens is 320 g/mol. The minimum absolute atomic E-state index is 0.0193. The summed E-state index contributed by atoms with van der Waals surface area (Å²) in [7, 11) is 0. The van der Waals surface area contributed by atoms with Gasteiger partial charge < -0.3 is 14.5 Å². The standard InChI is InChI=1S/C17H20N6O2/c24-16(14-2-4-20-21-10-14)23-8-9-25-17(13-23)3-1-7-22(12-17)15-11-18-5-6-19-15/h2,4-6,10-11H,1,3,7-9,12-13H2/t17-/m0/s1. The van der Waals surface area contributed by atoms with Crippen LogP contribution in [0.1, 0.15) is 23.2 Å². The third kappa shape index (κ3) is 3.30. The van der Waals surface area contributed by atoms with E-state index in [4.69, 9.17) is 4.74 Å². The van der Waals surface area contributed by atoms with Crippen LogP contribution >= 0.6 is 0 Å². The molecule has 0 saturated carbocycles. The van der Waals surface area contributed by atoms with Crippen molar-refractivity contribution in [1.82, 2.24) is 25.1 Å². The van der Waals surface area contributed by atoms with Gasteiger partial charge in [-0.25, -0.2) is 4.98 Å². The summed E-state index contributed by atoms with van der Waals surface area (Å²) in [5.74, 6) is 0.834. The van der Waals surface area contributed by atoms with E-state index in [-0.39, 0.29) is 11.5 Å². The second kappa shape index (κ2) is 6.72. The highest BCUT2D eigenvalue weighted by Gasteiger charge is 2.42. The highest BCUT2D eigenvalue weighted by molar-refractivity contribution is 5.93. The minimum Gasteiger partial charge on any atom is -0.369 e. The molecule has 0 aromatic carbocycles. The molecule has 25 heavy (non-hydrogen) atoms. The van der Waals surface area contributed by atoms with Crippen molar-refractivity contribution < 1.29 is 9.53 Å². The van der Waals surface area contributed by atoms with Crippen molar-refractivity contribution in [2.45, 2.75) is 18.4 Å². The lowest BCUT2D eigenvalue weighted by Crippen LogP contribution is -2.61. The molecular formula is C17H20N6O2. The van der Waals surface area contributed by atoms with Crippen molar-refractivity contribution in [3.05, 3.63) is 42.6 Å². The first-order valence-electron chi connectivity index (χ1n) is 8.47. The van der Waals surface area contributed by atoms with Crippen LogP contribution in [0.2, 0.25) is 0 Å². The van der Waals surface area contributed by atoms with Gasteiger partial charge in [0.05, 0.1) is 43.9 Å². The molecule has 1 spiro atoms. The number of nitrogens with zero attached hydrogens (tertiary/aromatic N) is 6. The molecule has 2 saturated heterocycles. The zero-order chi connectivity index (χ0) is 17.1. The molecule has 2 aliphatic rings. The lowest BCUT2D eigenvalue weighted by atomic mass is 9.90. The summed E-state index contributed by atoms with van der Waals surface area (Å²) in [6.45, 7) is 3.34. The number of hydrogen-bond donors (Lipinski definition) is 0. The van der Waals surface area contributed by atoms with Gasteiger partial charge in [-0.3, -0.25) is 9.78 Å². The van der Waals surface area contributed by atoms with Crippen LogP contribution in [0.3, 0.4) is 0 Å². The lowest BCUT2D eigenvalue weighted by Gasteiger charge is -2.48. The SMILES string of the molecule is O=C(c1ccnnc1)N1CCO[C@]2(CCCN(c3cnccn3)C2)C1. The van der Waals surface area contributed by atoms with E-state index < -0.39 is 0 Å². The fraction of sp³-hybridized carbons (Fsp3) is 0.471. The van der Waals surface area contributed by atoms with Crippen molar-refractivity contribution in [2.24, 2.45) is 0 Å². The summed E-state index contributed by atoms with van der Waals surface area (Å²) in [6.07, 6.45) is 10.1.